The molecule has 0 bridgehead atoms. The maximum atomic E-state index is 11.2. The van der Waals surface area contributed by atoms with Crippen LogP contribution < -0.4 is 4.72 Å². The average molecular weight is 293 g/mol. The number of unbranched alkanes of at least 4 members (excludes halogenated alkanes) is 1. The van der Waals surface area contributed by atoms with Crippen molar-refractivity contribution in [2.24, 2.45) is 5.92 Å². The third-order valence-corrected chi connectivity index (χ3v) is 2.68. The number of rotatable bonds is 14. The van der Waals surface area contributed by atoms with Crippen molar-refractivity contribution in [2.75, 3.05) is 46.2 Å². The number of ether oxygens (including phenoxy) is 3. The van der Waals surface area contributed by atoms with E-state index in [1.807, 2.05) is 13.8 Å². The minimum Gasteiger partial charge on any atom is -0.379 e. The molecule has 0 aromatic heterocycles. The first-order chi connectivity index (χ1) is 9.18. The van der Waals surface area contributed by atoms with E-state index >= 15 is 0 Å². The summed E-state index contributed by atoms with van der Waals surface area (Å²) in [5.41, 5.74) is 0. The fourth-order valence-electron chi connectivity index (χ4n) is 1.19. The van der Waals surface area contributed by atoms with Crippen LogP contribution in [-0.2, 0) is 19.0 Å². The van der Waals surface area contributed by atoms with Crippen molar-refractivity contribution in [3.8, 4) is 0 Å². The zero-order valence-electron chi connectivity index (χ0n) is 12.0. The lowest BCUT2D eigenvalue weighted by Gasteiger charge is -2.07. The summed E-state index contributed by atoms with van der Waals surface area (Å²) in [6.07, 6.45) is 2.08. The van der Waals surface area contributed by atoms with Gasteiger partial charge in [-0.25, -0.2) is 0 Å². The first-order valence-electron chi connectivity index (χ1n) is 6.81. The van der Waals surface area contributed by atoms with Gasteiger partial charge in [-0.1, -0.05) is 26.7 Å². The third-order valence-electron chi connectivity index (χ3n) is 2.46. The number of hydrogen-bond acceptors (Lipinski definition) is 6. The van der Waals surface area contributed by atoms with Gasteiger partial charge in [0.2, 0.25) is 0 Å². The van der Waals surface area contributed by atoms with E-state index in [1.54, 1.807) is 0 Å². The van der Waals surface area contributed by atoms with E-state index < -0.39 is 0 Å². The van der Waals surface area contributed by atoms with Crippen LogP contribution in [0.3, 0.4) is 0 Å². The summed E-state index contributed by atoms with van der Waals surface area (Å²) in [6.45, 7) is 7.66. The zero-order valence-corrected chi connectivity index (χ0v) is 12.9. The van der Waals surface area contributed by atoms with Gasteiger partial charge in [0.05, 0.1) is 26.4 Å². The van der Waals surface area contributed by atoms with Gasteiger partial charge in [-0.2, -0.15) is 0 Å². The topological polar surface area (TPSA) is 56.8 Å². The Bertz CT molecular complexity index is 215. The Morgan fingerprint density at radius 1 is 1.00 bits per heavy atom. The van der Waals surface area contributed by atoms with Crippen LogP contribution in [0.15, 0.2) is 0 Å². The third kappa shape index (κ3) is 14.1. The van der Waals surface area contributed by atoms with Crippen LogP contribution in [0.25, 0.3) is 0 Å². The molecule has 0 aromatic carbocycles. The van der Waals surface area contributed by atoms with Crippen molar-refractivity contribution in [2.45, 2.75) is 26.7 Å². The van der Waals surface area contributed by atoms with Gasteiger partial charge in [0.1, 0.15) is 6.61 Å². The molecule has 0 atom stereocenters. The SMILES string of the molecule is CC(C)C(=O)COCCOCCOCCCCNS. The quantitative estimate of drug-likeness (QED) is 0.375. The Hall–Kier alpha value is -0.140. The number of carbonyl (C=O) groups is 1. The minimum absolute atomic E-state index is 0.0343. The van der Waals surface area contributed by atoms with E-state index in [0.717, 1.165) is 26.0 Å². The molecule has 1 N–H and O–H groups in total. The molecule has 0 aromatic rings. The Kier molecular flexibility index (Phi) is 14.2. The van der Waals surface area contributed by atoms with Crippen LogP contribution in [0.1, 0.15) is 26.7 Å². The lowest BCUT2D eigenvalue weighted by molar-refractivity contribution is -0.127. The molecule has 0 radical (unpaired) electrons. The van der Waals surface area contributed by atoms with Crippen LogP contribution in [0, 0.1) is 5.92 Å². The van der Waals surface area contributed by atoms with Crippen molar-refractivity contribution < 1.29 is 19.0 Å². The fraction of sp³-hybridized carbons (Fsp3) is 0.923. The van der Waals surface area contributed by atoms with Crippen molar-refractivity contribution in [1.82, 2.24) is 4.72 Å². The van der Waals surface area contributed by atoms with Crippen LogP contribution in [-0.4, -0.2) is 52.0 Å². The van der Waals surface area contributed by atoms with Gasteiger partial charge in [0.15, 0.2) is 5.78 Å². The van der Waals surface area contributed by atoms with Crippen molar-refractivity contribution in [3.05, 3.63) is 0 Å². The maximum absolute atomic E-state index is 11.2. The molecular weight excluding hydrogens is 266 g/mol. The highest BCUT2D eigenvalue weighted by molar-refractivity contribution is 7.78. The maximum Gasteiger partial charge on any atom is 0.160 e. The number of ketones is 1. The molecule has 0 aliphatic rings. The Morgan fingerprint density at radius 3 is 2.16 bits per heavy atom. The van der Waals surface area contributed by atoms with E-state index in [9.17, 15) is 4.79 Å². The molecule has 0 rings (SSSR count). The summed E-state index contributed by atoms with van der Waals surface area (Å²) in [5.74, 6) is 0.158. The van der Waals surface area contributed by atoms with Crippen LogP contribution >= 0.6 is 12.8 Å². The van der Waals surface area contributed by atoms with E-state index in [1.165, 1.54) is 0 Å². The summed E-state index contributed by atoms with van der Waals surface area (Å²) in [4.78, 5) is 11.2. The number of hydrogen-bond donors (Lipinski definition) is 2. The van der Waals surface area contributed by atoms with Crippen molar-refractivity contribution in [3.63, 3.8) is 0 Å². The number of Topliss-reactive ketones (excluding diaryl/α,β-unsaturated/α-hetero) is 1. The van der Waals surface area contributed by atoms with Crippen molar-refractivity contribution >= 4 is 18.6 Å². The lowest BCUT2D eigenvalue weighted by Crippen LogP contribution is -2.17. The van der Waals surface area contributed by atoms with E-state index in [0.29, 0.717) is 26.4 Å². The van der Waals surface area contributed by atoms with E-state index in [4.69, 9.17) is 14.2 Å². The molecule has 0 aliphatic carbocycles. The lowest BCUT2D eigenvalue weighted by atomic mass is 10.1. The van der Waals surface area contributed by atoms with Crippen LogP contribution in [0.2, 0.25) is 0 Å². The number of nitrogens with one attached hydrogen (secondary N) is 1. The molecule has 0 heterocycles. The second kappa shape index (κ2) is 14.3. The largest absolute Gasteiger partial charge is 0.379 e. The van der Waals surface area contributed by atoms with Gasteiger partial charge in [0, 0.05) is 19.1 Å². The van der Waals surface area contributed by atoms with E-state index in [-0.39, 0.29) is 18.3 Å². The Balaban J connectivity index is 3.05. The molecule has 0 fully saturated rings. The summed E-state index contributed by atoms with van der Waals surface area (Å²) in [6, 6.07) is 0. The first-order valence-corrected chi connectivity index (χ1v) is 7.26. The molecular formula is C13H27NO4S. The standard InChI is InChI=1S/C13H27NO4S/c1-12(2)13(15)11-18-10-9-17-8-7-16-6-4-3-5-14-19/h12,14,19H,3-11H2,1-2H3. The van der Waals surface area contributed by atoms with Gasteiger partial charge in [-0.15, -0.1) is 0 Å². The fourth-order valence-corrected chi connectivity index (χ4v) is 1.35. The summed E-state index contributed by atoms with van der Waals surface area (Å²) in [7, 11) is 0. The van der Waals surface area contributed by atoms with Gasteiger partial charge >= 0.3 is 0 Å². The second-order valence-electron chi connectivity index (χ2n) is 4.51. The molecule has 0 saturated carbocycles. The predicted molar refractivity (Wildman–Crippen MR) is 78.5 cm³/mol. The first kappa shape index (κ1) is 18.9. The molecule has 6 heteroatoms. The molecule has 114 valence electrons. The summed E-state index contributed by atoms with van der Waals surface area (Å²) >= 11 is 3.90. The molecule has 0 saturated heterocycles. The van der Waals surface area contributed by atoms with Crippen LogP contribution in [0.5, 0.6) is 0 Å². The number of thiol groups is 1. The van der Waals surface area contributed by atoms with Gasteiger partial charge in [0.25, 0.3) is 0 Å². The predicted octanol–water partition coefficient (Wildman–Crippen LogP) is 1.48. The molecule has 19 heavy (non-hydrogen) atoms. The second-order valence-corrected chi connectivity index (χ2v) is 4.83. The van der Waals surface area contributed by atoms with Crippen molar-refractivity contribution in [1.29, 1.82) is 0 Å². The smallest absolute Gasteiger partial charge is 0.160 e. The molecule has 5 nitrogen and oxygen atoms in total. The van der Waals surface area contributed by atoms with E-state index in [2.05, 4.69) is 17.5 Å². The molecule has 0 spiro atoms. The zero-order chi connectivity index (χ0) is 14.3. The molecule has 0 unspecified atom stereocenters. The monoisotopic (exact) mass is 293 g/mol. The minimum atomic E-state index is 0.0343. The summed E-state index contributed by atoms with van der Waals surface area (Å²) < 4.78 is 18.7. The summed E-state index contributed by atoms with van der Waals surface area (Å²) in [5, 5.41) is 0. The van der Waals surface area contributed by atoms with Gasteiger partial charge < -0.3 is 14.2 Å². The highest BCUT2D eigenvalue weighted by Gasteiger charge is 2.06. The Morgan fingerprint density at radius 2 is 1.58 bits per heavy atom. The highest BCUT2D eigenvalue weighted by atomic mass is 32.1. The highest BCUT2D eigenvalue weighted by Crippen LogP contribution is 1.94. The van der Waals surface area contributed by atoms with Gasteiger partial charge in [-0.3, -0.25) is 9.52 Å². The van der Waals surface area contributed by atoms with Gasteiger partial charge in [-0.05, 0) is 12.8 Å². The Labute approximate surface area is 121 Å². The van der Waals surface area contributed by atoms with Crippen LogP contribution in [0.4, 0.5) is 0 Å². The normalized spacial score (nSPS) is 11.2. The average Bonchev–Trinajstić information content (AvgIpc) is 2.39. The number of carbonyl (C=O) groups excluding carboxylic acids is 1. The molecule has 0 aliphatic heterocycles. The molecule has 0 amide bonds.